The van der Waals surface area contributed by atoms with Crippen LogP contribution in [-0.2, 0) is 36.8 Å². The van der Waals surface area contributed by atoms with E-state index < -0.39 is 42.0 Å². The molecule has 1 aliphatic heterocycles. The summed E-state index contributed by atoms with van der Waals surface area (Å²) in [5.74, 6) is -2.18. The third-order valence-corrected chi connectivity index (χ3v) is 9.23. The van der Waals surface area contributed by atoms with Crippen LogP contribution in [0.2, 0.25) is 0 Å². The van der Waals surface area contributed by atoms with Crippen LogP contribution >= 0.6 is 0 Å². The SMILES string of the molecule is CCCCCCC(C)C1CC(=O)NC(Cc2c[nH]c3ccccc23)C(=O)NC(Cc2ccccc2)C(=O)NC(C(C)CC)C(=O)O1. The van der Waals surface area contributed by atoms with Crippen molar-refractivity contribution in [2.24, 2.45) is 11.8 Å². The van der Waals surface area contributed by atoms with Crippen molar-refractivity contribution in [3.05, 3.63) is 71.9 Å². The van der Waals surface area contributed by atoms with Crippen LogP contribution in [0.4, 0.5) is 0 Å². The van der Waals surface area contributed by atoms with Crippen molar-refractivity contribution in [3.8, 4) is 0 Å². The Kier molecular flexibility index (Phi) is 12.8. The lowest BCUT2D eigenvalue weighted by molar-refractivity contribution is -0.158. The zero-order valence-electron chi connectivity index (χ0n) is 27.6. The quantitative estimate of drug-likeness (QED) is 0.158. The number of carbonyl (C=O) groups excluding carboxylic acids is 4. The van der Waals surface area contributed by atoms with Crippen molar-refractivity contribution < 1.29 is 23.9 Å². The highest BCUT2D eigenvalue weighted by Crippen LogP contribution is 2.23. The summed E-state index contributed by atoms with van der Waals surface area (Å²) in [4.78, 5) is 58.5. The summed E-state index contributed by atoms with van der Waals surface area (Å²) in [6.45, 7) is 7.99. The average Bonchev–Trinajstić information content (AvgIpc) is 3.46. The van der Waals surface area contributed by atoms with Gasteiger partial charge in [-0.3, -0.25) is 14.4 Å². The molecule has 1 saturated heterocycles. The predicted molar refractivity (Wildman–Crippen MR) is 180 cm³/mol. The number of ether oxygens (including phenoxy) is 1. The van der Waals surface area contributed by atoms with Gasteiger partial charge in [0.05, 0.1) is 6.42 Å². The minimum Gasteiger partial charge on any atom is -0.460 e. The van der Waals surface area contributed by atoms with Crippen LogP contribution in [0.1, 0.15) is 83.8 Å². The molecule has 0 radical (unpaired) electrons. The summed E-state index contributed by atoms with van der Waals surface area (Å²) in [6, 6.07) is 14.3. The Morgan fingerprint density at radius 3 is 2.22 bits per heavy atom. The number of benzene rings is 2. The van der Waals surface area contributed by atoms with Gasteiger partial charge in [-0.2, -0.15) is 0 Å². The van der Waals surface area contributed by atoms with Crippen LogP contribution in [-0.4, -0.2) is 52.9 Å². The van der Waals surface area contributed by atoms with Crippen molar-refractivity contribution in [3.63, 3.8) is 0 Å². The van der Waals surface area contributed by atoms with E-state index >= 15 is 0 Å². The van der Waals surface area contributed by atoms with Gasteiger partial charge in [0.1, 0.15) is 24.2 Å². The summed E-state index contributed by atoms with van der Waals surface area (Å²) in [5.41, 5.74) is 2.65. The molecule has 0 saturated carbocycles. The first kappa shape index (κ1) is 34.7. The molecule has 3 aromatic rings. The molecular weight excluding hydrogens is 580 g/mol. The number of hydrogen-bond donors (Lipinski definition) is 4. The van der Waals surface area contributed by atoms with Crippen molar-refractivity contribution in [1.29, 1.82) is 0 Å². The van der Waals surface area contributed by atoms with Gasteiger partial charge in [-0.15, -0.1) is 0 Å². The largest absolute Gasteiger partial charge is 0.460 e. The van der Waals surface area contributed by atoms with Gasteiger partial charge >= 0.3 is 5.97 Å². The number of cyclic esters (lactones) is 1. The second-order valence-electron chi connectivity index (χ2n) is 12.8. The molecule has 0 bridgehead atoms. The number of fused-ring (bicyclic) bond motifs is 1. The fourth-order valence-electron chi connectivity index (χ4n) is 6.08. The van der Waals surface area contributed by atoms with Gasteiger partial charge in [0.15, 0.2) is 0 Å². The minimum atomic E-state index is -0.981. The zero-order chi connectivity index (χ0) is 33.1. The van der Waals surface area contributed by atoms with E-state index in [0.29, 0.717) is 6.42 Å². The molecule has 6 unspecified atom stereocenters. The Balaban J connectivity index is 1.68. The number of carbonyl (C=O) groups is 4. The van der Waals surface area contributed by atoms with Gasteiger partial charge in [-0.1, -0.05) is 108 Å². The summed E-state index contributed by atoms with van der Waals surface area (Å²) in [5, 5.41) is 9.74. The summed E-state index contributed by atoms with van der Waals surface area (Å²) in [7, 11) is 0. The van der Waals surface area contributed by atoms with Crippen LogP contribution in [0, 0.1) is 11.8 Å². The number of H-pyrrole nitrogens is 1. The van der Waals surface area contributed by atoms with Gasteiger partial charge in [-0.05, 0) is 35.4 Å². The van der Waals surface area contributed by atoms with Gasteiger partial charge in [-0.25, -0.2) is 4.79 Å². The monoisotopic (exact) mass is 630 g/mol. The topological polar surface area (TPSA) is 129 Å². The fraction of sp³-hybridized carbons (Fsp3) is 0.514. The average molecular weight is 631 g/mol. The van der Waals surface area contributed by atoms with Gasteiger partial charge in [0.25, 0.3) is 0 Å². The number of rotatable bonds is 12. The first-order chi connectivity index (χ1) is 22.2. The Morgan fingerprint density at radius 2 is 1.48 bits per heavy atom. The lowest BCUT2D eigenvalue weighted by Crippen LogP contribution is -2.57. The summed E-state index contributed by atoms with van der Waals surface area (Å²) < 4.78 is 6.09. The van der Waals surface area contributed by atoms with Gasteiger partial charge < -0.3 is 25.7 Å². The van der Waals surface area contributed by atoms with Crippen LogP contribution < -0.4 is 16.0 Å². The zero-order valence-corrected chi connectivity index (χ0v) is 27.6. The number of aromatic amines is 1. The van der Waals surface area contributed by atoms with Crippen molar-refractivity contribution >= 4 is 34.6 Å². The Morgan fingerprint density at radius 1 is 0.783 bits per heavy atom. The molecule has 4 N–H and O–H groups in total. The third kappa shape index (κ3) is 9.44. The maximum Gasteiger partial charge on any atom is 0.329 e. The highest BCUT2D eigenvalue weighted by atomic mass is 16.5. The predicted octanol–water partition coefficient (Wildman–Crippen LogP) is 5.38. The Bertz CT molecular complexity index is 1450. The van der Waals surface area contributed by atoms with E-state index in [1.807, 2.05) is 81.6 Å². The lowest BCUT2D eigenvalue weighted by atomic mass is 9.93. The highest BCUT2D eigenvalue weighted by Gasteiger charge is 2.36. The van der Waals surface area contributed by atoms with E-state index in [-0.39, 0.29) is 37.0 Å². The van der Waals surface area contributed by atoms with E-state index in [2.05, 4.69) is 27.9 Å². The maximum absolute atomic E-state index is 14.0. The maximum atomic E-state index is 14.0. The second-order valence-corrected chi connectivity index (χ2v) is 12.8. The first-order valence-corrected chi connectivity index (χ1v) is 16.9. The smallest absolute Gasteiger partial charge is 0.329 e. The summed E-state index contributed by atoms with van der Waals surface area (Å²) >= 11 is 0. The molecule has 3 amide bonds. The highest BCUT2D eigenvalue weighted by molar-refractivity contribution is 5.95. The van der Waals surface area contributed by atoms with E-state index in [9.17, 15) is 19.2 Å². The molecule has 46 heavy (non-hydrogen) atoms. The van der Waals surface area contributed by atoms with Crippen LogP contribution in [0.25, 0.3) is 10.9 Å². The second kappa shape index (κ2) is 17.0. The molecule has 9 nitrogen and oxygen atoms in total. The molecule has 2 heterocycles. The number of unbranched alkanes of at least 4 members (excludes halogenated alkanes) is 3. The standard InChI is InChI=1S/C37H50N4O5/c1-5-7-8-10-15-25(4)32-22-33(42)39-31(21-27-23-38-29-19-14-13-18-28(27)29)35(43)40-30(20-26-16-11-9-12-17-26)36(44)41-34(24(3)6-2)37(45)46-32/h9,11-14,16-19,23-25,30-32,34,38H,5-8,10,15,20-22H2,1-4H3,(H,39,42)(H,40,43)(H,41,44). The molecule has 2 aromatic carbocycles. The lowest BCUT2D eigenvalue weighted by Gasteiger charge is -2.29. The van der Waals surface area contributed by atoms with Crippen LogP contribution in [0.15, 0.2) is 60.8 Å². The normalized spacial score (nSPS) is 22.8. The Hall–Kier alpha value is -4.14. The molecule has 6 atom stereocenters. The van der Waals surface area contributed by atoms with Gasteiger partial charge in [0, 0.05) is 29.9 Å². The molecule has 9 heteroatoms. The van der Waals surface area contributed by atoms with Crippen molar-refractivity contribution in [2.45, 2.75) is 110 Å². The number of nitrogens with one attached hydrogen (secondary N) is 4. The van der Waals surface area contributed by atoms with Crippen LogP contribution in [0.3, 0.4) is 0 Å². The number of amides is 3. The molecule has 248 valence electrons. The number of esters is 1. The fourth-order valence-corrected chi connectivity index (χ4v) is 6.08. The number of hydrogen-bond acceptors (Lipinski definition) is 5. The molecule has 0 spiro atoms. The molecule has 4 rings (SSSR count). The molecule has 1 aliphatic rings. The molecular formula is C37H50N4O5. The van der Waals surface area contributed by atoms with E-state index in [0.717, 1.165) is 54.1 Å². The minimum absolute atomic E-state index is 0.0764. The number of para-hydroxylation sites is 1. The van der Waals surface area contributed by atoms with E-state index in [1.165, 1.54) is 0 Å². The first-order valence-electron chi connectivity index (χ1n) is 16.9. The third-order valence-electron chi connectivity index (χ3n) is 9.23. The molecule has 1 fully saturated rings. The molecule has 1 aromatic heterocycles. The van der Waals surface area contributed by atoms with Crippen molar-refractivity contribution in [1.82, 2.24) is 20.9 Å². The van der Waals surface area contributed by atoms with E-state index in [1.54, 1.807) is 0 Å². The number of aromatic nitrogens is 1. The summed E-state index contributed by atoms with van der Waals surface area (Å²) in [6.07, 6.45) is 7.18. The van der Waals surface area contributed by atoms with Crippen molar-refractivity contribution in [2.75, 3.05) is 0 Å². The van der Waals surface area contributed by atoms with Gasteiger partial charge in [0.2, 0.25) is 17.7 Å². The van der Waals surface area contributed by atoms with E-state index in [4.69, 9.17) is 4.74 Å². The van der Waals surface area contributed by atoms with Crippen LogP contribution in [0.5, 0.6) is 0 Å². The molecule has 0 aliphatic carbocycles. The Labute approximate surface area is 272 Å².